The van der Waals surface area contributed by atoms with E-state index in [0.29, 0.717) is 5.56 Å². The Balaban J connectivity index is 2.15. The third-order valence-corrected chi connectivity index (χ3v) is 2.20. The van der Waals surface area contributed by atoms with Gasteiger partial charge in [0.2, 0.25) is 0 Å². The van der Waals surface area contributed by atoms with Crippen LogP contribution in [0.3, 0.4) is 0 Å². The van der Waals surface area contributed by atoms with Gasteiger partial charge in [-0.05, 0) is 30.7 Å². The Labute approximate surface area is 88.6 Å². The van der Waals surface area contributed by atoms with Gasteiger partial charge < -0.3 is 0 Å². The summed E-state index contributed by atoms with van der Waals surface area (Å²) < 4.78 is 1.89. The zero-order valence-corrected chi connectivity index (χ0v) is 8.51. The fourth-order valence-corrected chi connectivity index (χ4v) is 1.42. The molecule has 74 valence electrons. The average molecular weight is 197 g/mol. The van der Waals surface area contributed by atoms with Crippen LogP contribution < -0.4 is 0 Å². The Bertz CT molecular complexity index is 488. The molecule has 0 aliphatic rings. The second-order valence-corrected chi connectivity index (χ2v) is 3.46. The monoisotopic (exact) mass is 197 g/mol. The maximum absolute atomic E-state index is 8.65. The summed E-state index contributed by atoms with van der Waals surface area (Å²) in [5.41, 5.74) is 2.86. The van der Waals surface area contributed by atoms with Gasteiger partial charge in [-0.25, -0.2) is 0 Å². The molecular weight excluding hydrogens is 186 g/mol. The van der Waals surface area contributed by atoms with Gasteiger partial charge in [-0.15, -0.1) is 0 Å². The molecule has 0 bridgehead atoms. The fourth-order valence-electron chi connectivity index (χ4n) is 1.42. The van der Waals surface area contributed by atoms with Gasteiger partial charge in [0.1, 0.15) is 0 Å². The van der Waals surface area contributed by atoms with E-state index in [-0.39, 0.29) is 0 Å². The van der Waals surface area contributed by atoms with Crippen LogP contribution in [0.4, 0.5) is 0 Å². The van der Waals surface area contributed by atoms with E-state index in [1.807, 2.05) is 48.1 Å². The highest BCUT2D eigenvalue weighted by Crippen LogP contribution is 2.05. The van der Waals surface area contributed by atoms with Gasteiger partial charge in [-0.3, -0.25) is 4.68 Å². The van der Waals surface area contributed by atoms with Crippen LogP contribution in [0.1, 0.15) is 16.8 Å². The minimum Gasteiger partial charge on any atom is -0.268 e. The highest BCUT2D eigenvalue weighted by Gasteiger charge is 1.97. The number of rotatable bonds is 2. The van der Waals surface area contributed by atoms with E-state index in [2.05, 4.69) is 11.2 Å². The van der Waals surface area contributed by atoms with Crippen molar-refractivity contribution in [2.45, 2.75) is 13.5 Å². The first-order valence-electron chi connectivity index (χ1n) is 4.77. The maximum Gasteiger partial charge on any atom is 0.0991 e. The zero-order valence-electron chi connectivity index (χ0n) is 8.51. The van der Waals surface area contributed by atoms with Crippen molar-refractivity contribution < 1.29 is 0 Å². The minimum absolute atomic E-state index is 0.690. The van der Waals surface area contributed by atoms with Gasteiger partial charge in [0, 0.05) is 6.20 Å². The van der Waals surface area contributed by atoms with E-state index in [9.17, 15) is 0 Å². The second-order valence-electron chi connectivity index (χ2n) is 3.46. The first kappa shape index (κ1) is 9.47. The number of hydrogen-bond acceptors (Lipinski definition) is 2. The number of benzene rings is 1. The lowest BCUT2D eigenvalue weighted by Gasteiger charge is -2.01. The summed E-state index contributed by atoms with van der Waals surface area (Å²) in [6, 6.07) is 11.6. The molecule has 0 spiro atoms. The quantitative estimate of drug-likeness (QED) is 0.739. The molecule has 0 aliphatic carbocycles. The van der Waals surface area contributed by atoms with Crippen LogP contribution in [-0.4, -0.2) is 9.78 Å². The third kappa shape index (κ3) is 2.23. The fraction of sp³-hybridized carbons (Fsp3) is 0.167. The van der Waals surface area contributed by atoms with Crippen molar-refractivity contribution in [3.63, 3.8) is 0 Å². The molecule has 0 amide bonds. The van der Waals surface area contributed by atoms with E-state index in [1.165, 1.54) is 0 Å². The molecule has 2 rings (SSSR count). The molecule has 1 aromatic carbocycles. The smallest absolute Gasteiger partial charge is 0.0991 e. The molecule has 3 nitrogen and oxygen atoms in total. The number of aromatic nitrogens is 2. The standard InChI is InChI=1S/C12H11N3/c1-10-6-7-15(14-10)9-12-4-2-11(8-13)3-5-12/h2-7H,9H2,1H3. The van der Waals surface area contributed by atoms with Gasteiger partial charge in [0.05, 0.1) is 23.9 Å². The first-order chi connectivity index (χ1) is 7.28. The van der Waals surface area contributed by atoms with Crippen molar-refractivity contribution in [3.8, 4) is 6.07 Å². The van der Waals surface area contributed by atoms with Crippen LogP contribution in [-0.2, 0) is 6.54 Å². The van der Waals surface area contributed by atoms with Crippen molar-refractivity contribution >= 4 is 0 Å². The Morgan fingerprint density at radius 2 is 2.00 bits per heavy atom. The van der Waals surface area contributed by atoms with Crippen LogP contribution >= 0.6 is 0 Å². The molecule has 0 radical (unpaired) electrons. The summed E-state index contributed by atoms with van der Waals surface area (Å²) in [6.45, 7) is 2.72. The number of nitrogens with zero attached hydrogens (tertiary/aromatic N) is 3. The highest BCUT2D eigenvalue weighted by molar-refractivity contribution is 5.31. The maximum atomic E-state index is 8.65. The predicted octanol–water partition coefficient (Wildman–Crippen LogP) is 2.11. The summed E-state index contributed by atoms with van der Waals surface area (Å²) >= 11 is 0. The lowest BCUT2D eigenvalue weighted by molar-refractivity contribution is 0.679. The molecule has 2 aromatic rings. The van der Waals surface area contributed by atoms with E-state index < -0.39 is 0 Å². The highest BCUT2D eigenvalue weighted by atomic mass is 15.3. The van der Waals surface area contributed by atoms with Crippen molar-refractivity contribution in [2.75, 3.05) is 0 Å². The largest absolute Gasteiger partial charge is 0.268 e. The van der Waals surface area contributed by atoms with E-state index in [4.69, 9.17) is 5.26 Å². The van der Waals surface area contributed by atoms with Crippen molar-refractivity contribution in [1.29, 1.82) is 5.26 Å². The first-order valence-corrected chi connectivity index (χ1v) is 4.77. The molecule has 0 atom stereocenters. The Morgan fingerprint density at radius 1 is 1.27 bits per heavy atom. The van der Waals surface area contributed by atoms with Gasteiger partial charge in [0.15, 0.2) is 0 Å². The lowest BCUT2D eigenvalue weighted by Crippen LogP contribution is -2.00. The normalized spacial score (nSPS) is 9.87. The van der Waals surface area contributed by atoms with Crippen molar-refractivity contribution in [3.05, 3.63) is 53.3 Å². The SMILES string of the molecule is Cc1ccn(Cc2ccc(C#N)cc2)n1. The number of aryl methyl sites for hydroxylation is 1. The Morgan fingerprint density at radius 3 is 2.53 bits per heavy atom. The topological polar surface area (TPSA) is 41.6 Å². The molecule has 0 aliphatic heterocycles. The molecule has 0 fully saturated rings. The van der Waals surface area contributed by atoms with Crippen molar-refractivity contribution in [1.82, 2.24) is 9.78 Å². The van der Waals surface area contributed by atoms with Crippen molar-refractivity contribution in [2.24, 2.45) is 0 Å². The summed E-state index contributed by atoms with van der Waals surface area (Å²) in [6.07, 6.45) is 1.95. The third-order valence-electron chi connectivity index (χ3n) is 2.20. The van der Waals surface area contributed by atoms with E-state index in [0.717, 1.165) is 17.8 Å². The lowest BCUT2D eigenvalue weighted by atomic mass is 10.1. The Hall–Kier alpha value is -2.08. The Kier molecular flexibility index (Phi) is 2.51. The number of nitriles is 1. The van der Waals surface area contributed by atoms with Crippen LogP contribution in [0.15, 0.2) is 36.5 Å². The molecular formula is C12H11N3. The summed E-state index contributed by atoms with van der Waals surface area (Å²) in [5, 5.41) is 13.0. The molecule has 0 saturated heterocycles. The van der Waals surface area contributed by atoms with E-state index in [1.54, 1.807) is 0 Å². The minimum atomic E-state index is 0.690. The molecule has 15 heavy (non-hydrogen) atoms. The van der Waals surface area contributed by atoms with Gasteiger partial charge in [-0.2, -0.15) is 10.4 Å². The molecule has 0 saturated carbocycles. The van der Waals surface area contributed by atoms with Crippen LogP contribution in [0, 0.1) is 18.3 Å². The van der Waals surface area contributed by atoms with Crippen LogP contribution in [0.25, 0.3) is 0 Å². The molecule has 0 N–H and O–H groups in total. The molecule has 1 heterocycles. The molecule has 1 aromatic heterocycles. The van der Waals surface area contributed by atoms with Gasteiger partial charge in [0.25, 0.3) is 0 Å². The zero-order chi connectivity index (χ0) is 10.7. The molecule has 0 unspecified atom stereocenters. The average Bonchev–Trinajstić information content (AvgIpc) is 2.65. The van der Waals surface area contributed by atoms with Gasteiger partial charge >= 0.3 is 0 Å². The summed E-state index contributed by atoms with van der Waals surface area (Å²) in [5.74, 6) is 0. The predicted molar refractivity (Wildman–Crippen MR) is 57.2 cm³/mol. The van der Waals surface area contributed by atoms with Gasteiger partial charge in [-0.1, -0.05) is 12.1 Å². The van der Waals surface area contributed by atoms with E-state index >= 15 is 0 Å². The van der Waals surface area contributed by atoms with Crippen LogP contribution in [0.2, 0.25) is 0 Å². The molecule has 3 heteroatoms. The summed E-state index contributed by atoms with van der Waals surface area (Å²) in [4.78, 5) is 0. The number of hydrogen-bond donors (Lipinski definition) is 0. The van der Waals surface area contributed by atoms with Crippen LogP contribution in [0.5, 0.6) is 0 Å². The summed E-state index contributed by atoms with van der Waals surface area (Å²) in [7, 11) is 0. The second kappa shape index (κ2) is 3.97.